The summed E-state index contributed by atoms with van der Waals surface area (Å²) in [6.45, 7) is 1.95. The topological polar surface area (TPSA) is 106 Å². The highest BCUT2D eigenvalue weighted by molar-refractivity contribution is 8.00. The van der Waals surface area contributed by atoms with E-state index in [0.717, 1.165) is 24.2 Å². The predicted molar refractivity (Wildman–Crippen MR) is 122 cm³/mol. The van der Waals surface area contributed by atoms with Crippen molar-refractivity contribution in [3.8, 4) is 0 Å². The molecule has 0 saturated carbocycles. The fraction of sp³-hybridized carbons (Fsp3) is 0.273. The maximum Gasteiger partial charge on any atom is 0.234 e. The molecule has 0 radical (unpaired) electrons. The van der Waals surface area contributed by atoms with Crippen molar-refractivity contribution in [1.29, 1.82) is 0 Å². The van der Waals surface area contributed by atoms with Gasteiger partial charge in [-0.25, -0.2) is 0 Å². The first-order valence-corrected chi connectivity index (χ1v) is 11.0. The lowest BCUT2D eigenvalue weighted by Gasteiger charge is -2.13. The monoisotopic (exact) mass is 420 g/mol. The molecular formula is C22H24N6OS. The number of hydrogen-bond donors (Lipinski definition) is 3. The number of nitrogens with two attached hydrogens (primary N) is 1. The zero-order valence-electron chi connectivity index (χ0n) is 16.8. The van der Waals surface area contributed by atoms with Gasteiger partial charge in [0.25, 0.3) is 0 Å². The van der Waals surface area contributed by atoms with Crippen molar-refractivity contribution in [1.82, 2.24) is 15.0 Å². The van der Waals surface area contributed by atoms with E-state index >= 15 is 0 Å². The number of amides is 1. The summed E-state index contributed by atoms with van der Waals surface area (Å²) in [6, 6.07) is 15.8. The number of carbonyl (C=O) groups excluding carboxylic acids is 1. The van der Waals surface area contributed by atoms with E-state index in [1.165, 1.54) is 29.3 Å². The molecule has 2 aromatic carbocycles. The van der Waals surface area contributed by atoms with Crippen LogP contribution in [0.3, 0.4) is 0 Å². The Morgan fingerprint density at radius 3 is 2.70 bits per heavy atom. The largest absolute Gasteiger partial charge is 0.368 e. The first-order valence-electron chi connectivity index (χ1n) is 9.93. The molecule has 0 saturated heterocycles. The molecule has 1 aromatic heterocycles. The number of nitrogens with zero attached hydrogens (tertiary/aromatic N) is 3. The molecule has 0 aliphatic heterocycles. The summed E-state index contributed by atoms with van der Waals surface area (Å²) in [5.74, 6) is 1.32. The van der Waals surface area contributed by atoms with Crippen LogP contribution in [0.5, 0.6) is 0 Å². The molecule has 8 heteroatoms. The van der Waals surface area contributed by atoms with Gasteiger partial charge in [-0.1, -0.05) is 24.3 Å². The highest BCUT2D eigenvalue weighted by atomic mass is 32.2. The van der Waals surface area contributed by atoms with Gasteiger partial charge in [-0.2, -0.15) is 15.0 Å². The van der Waals surface area contributed by atoms with Crippen molar-refractivity contribution >= 4 is 40.9 Å². The smallest absolute Gasteiger partial charge is 0.234 e. The van der Waals surface area contributed by atoms with Crippen molar-refractivity contribution in [3.05, 3.63) is 65.5 Å². The third-order valence-corrected chi connectivity index (χ3v) is 6.05. The zero-order valence-corrected chi connectivity index (χ0v) is 17.6. The van der Waals surface area contributed by atoms with Crippen LogP contribution in [0.15, 0.2) is 48.5 Å². The molecule has 0 bridgehead atoms. The van der Waals surface area contributed by atoms with E-state index in [0.29, 0.717) is 17.5 Å². The predicted octanol–water partition coefficient (Wildman–Crippen LogP) is 4.12. The van der Waals surface area contributed by atoms with Crippen LogP contribution in [0.25, 0.3) is 0 Å². The number of benzene rings is 2. The molecule has 7 nitrogen and oxygen atoms in total. The van der Waals surface area contributed by atoms with E-state index in [-0.39, 0.29) is 17.1 Å². The molecule has 1 aliphatic carbocycles. The van der Waals surface area contributed by atoms with Crippen molar-refractivity contribution in [2.24, 2.45) is 0 Å². The van der Waals surface area contributed by atoms with Crippen LogP contribution in [0.1, 0.15) is 35.5 Å². The minimum atomic E-state index is -0.114. The quantitative estimate of drug-likeness (QED) is 0.528. The Kier molecular flexibility index (Phi) is 6.13. The van der Waals surface area contributed by atoms with Crippen LogP contribution >= 0.6 is 11.8 Å². The first-order chi connectivity index (χ1) is 14.6. The van der Waals surface area contributed by atoms with E-state index in [4.69, 9.17) is 5.73 Å². The molecule has 154 valence electrons. The van der Waals surface area contributed by atoms with Gasteiger partial charge in [0, 0.05) is 11.4 Å². The Morgan fingerprint density at radius 2 is 1.87 bits per heavy atom. The summed E-state index contributed by atoms with van der Waals surface area (Å²) in [6.07, 6.45) is 3.41. The number of aryl methyl sites for hydroxylation is 2. The molecule has 4 rings (SSSR count). The Morgan fingerprint density at radius 1 is 1.07 bits per heavy atom. The number of nitrogens with one attached hydrogen (secondary N) is 2. The van der Waals surface area contributed by atoms with Gasteiger partial charge < -0.3 is 16.4 Å². The van der Waals surface area contributed by atoms with E-state index in [1.807, 2.05) is 43.3 Å². The molecule has 1 heterocycles. The number of nitrogen functional groups attached to an aromatic ring is 1. The fourth-order valence-corrected chi connectivity index (χ4v) is 4.15. The van der Waals surface area contributed by atoms with Crippen LogP contribution in [0.4, 0.5) is 23.3 Å². The third kappa shape index (κ3) is 5.07. The summed E-state index contributed by atoms with van der Waals surface area (Å²) >= 11 is 1.46. The standard InChI is InChI=1S/C22H24N6OS/c1-14(20-26-21(23)28-22(27-20)25-17-8-3-2-4-9-17)30-13-19(29)24-18-11-10-15-6-5-7-16(15)12-18/h2-4,8-12,14H,5-7,13H2,1H3,(H,24,29)(H3,23,25,26,27,28). The second-order valence-corrected chi connectivity index (χ2v) is 8.53. The minimum absolute atomic E-state index is 0.0468. The van der Waals surface area contributed by atoms with Crippen molar-refractivity contribution < 1.29 is 4.79 Å². The number of thioether (sulfide) groups is 1. The van der Waals surface area contributed by atoms with Gasteiger partial charge in [0.2, 0.25) is 17.8 Å². The maximum atomic E-state index is 12.4. The van der Waals surface area contributed by atoms with Crippen molar-refractivity contribution in [2.45, 2.75) is 31.4 Å². The second-order valence-electron chi connectivity index (χ2n) is 7.20. The molecule has 4 N–H and O–H groups in total. The normalized spacial score (nSPS) is 13.5. The lowest BCUT2D eigenvalue weighted by molar-refractivity contribution is -0.113. The molecule has 1 aliphatic rings. The summed E-state index contributed by atoms with van der Waals surface area (Å²) in [4.78, 5) is 25.3. The van der Waals surface area contributed by atoms with Crippen LogP contribution in [0.2, 0.25) is 0 Å². The molecule has 3 aromatic rings. The van der Waals surface area contributed by atoms with Gasteiger partial charge >= 0.3 is 0 Å². The number of para-hydroxylation sites is 1. The fourth-order valence-electron chi connectivity index (χ4n) is 3.42. The second kappa shape index (κ2) is 9.13. The lowest BCUT2D eigenvalue weighted by atomic mass is 10.1. The maximum absolute atomic E-state index is 12.4. The van der Waals surface area contributed by atoms with Gasteiger partial charge in [-0.3, -0.25) is 4.79 Å². The molecule has 30 heavy (non-hydrogen) atoms. The minimum Gasteiger partial charge on any atom is -0.368 e. The number of fused-ring (bicyclic) bond motifs is 1. The molecular weight excluding hydrogens is 396 g/mol. The summed E-state index contributed by atoms with van der Waals surface area (Å²) in [5.41, 5.74) is 10.3. The van der Waals surface area contributed by atoms with Gasteiger partial charge in [-0.05, 0) is 61.6 Å². The van der Waals surface area contributed by atoms with Crippen molar-refractivity contribution in [3.63, 3.8) is 0 Å². The Hall–Kier alpha value is -3.13. The van der Waals surface area contributed by atoms with E-state index in [1.54, 1.807) is 0 Å². The average Bonchev–Trinajstić information content (AvgIpc) is 3.20. The van der Waals surface area contributed by atoms with Crippen LogP contribution in [-0.2, 0) is 17.6 Å². The lowest BCUT2D eigenvalue weighted by Crippen LogP contribution is -2.15. The van der Waals surface area contributed by atoms with Gasteiger partial charge in [0.05, 0.1) is 11.0 Å². The molecule has 0 spiro atoms. The number of aromatic nitrogens is 3. The van der Waals surface area contributed by atoms with Crippen molar-refractivity contribution in [2.75, 3.05) is 22.1 Å². The van der Waals surface area contributed by atoms with Gasteiger partial charge in [0.1, 0.15) is 5.82 Å². The third-order valence-electron chi connectivity index (χ3n) is 4.91. The van der Waals surface area contributed by atoms with Gasteiger partial charge in [-0.15, -0.1) is 11.8 Å². The number of hydrogen-bond acceptors (Lipinski definition) is 7. The summed E-state index contributed by atoms with van der Waals surface area (Å²) in [7, 11) is 0. The molecule has 1 amide bonds. The summed E-state index contributed by atoms with van der Waals surface area (Å²) < 4.78 is 0. The zero-order chi connectivity index (χ0) is 20.9. The molecule has 0 fully saturated rings. The van der Waals surface area contributed by atoms with Gasteiger partial charge in [0.15, 0.2) is 0 Å². The average molecular weight is 421 g/mol. The number of carbonyl (C=O) groups is 1. The highest BCUT2D eigenvalue weighted by Crippen LogP contribution is 2.28. The van der Waals surface area contributed by atoms with E-state index in [2.05, 4.69) is 37.7 Å². The van der Waals surface area contributed by atoms with E-state index in [9.17, 15) is 4.79 Å². The molecule has 1 unspecified atom stereocenters. The van der Waals surface area contributed by atoms with Crippen LogP contribution < -0.4 is 16.4 Å². The number of anilines is 4. The molecule has 1 atom stereocenters. The van der Waals surface area contributed by atoms with Crippen LogP contribution in [-0.4, -0.2) is 26.6 Å². The highest BCUT2D eigenvalue weighted by Gasteiger charge is 2.16. The SMILES string of the molecule is CC(SCC(=O)Nc1ccc2c(c1)CCC2)c1nc(N)nc(Nc2ccccc2)n1. The first kappa shape index (κ1) is 20.2. The Balaban J connectivity index is 1.35. The van der Waals surface area contributed by atoms with Crippen LogP contribution in [0, 0.1) is 0 Å². The summed E-state index contributed by atoms with van der Waals surface area (Å²) in [5, 5.41) is 6.00. The number of rotatable bonds is 7. The Labute approximate surface area is 179 Å². The Bertz CT molecular complexity index is 1040. The van der Waals surface area contributed by atoms with E-state index < -0.39 is 0 Å².